The summed E-state index contributed by atoms with van der Waals surface area (Å²) in [7, 11) is 3.27. The molecule has 2 aliphatic rings. The van der Waals surface area contributed by atoms with Crippen LogP contribution in [-0.4, -0.2) is 46.5 Å². The van der Waals surface area contributed by atoms with Gasteiger partial charge in [-0.05, 0) is 37.2 Å². The fourth-order valence-corrected chi connectivity index (χ4v) is 3.99. The van der Waals surface area contributed by atoms with Gasteiger partial charge >= 0.3 is 6.03 Å². The Morgan fingerprint density at radius 1 is 1.08 bits per heavy atom. The van der Waals surface area contributed by atoms with Gasteiger partial charge in [0.2, 0.25) is 0 Å². The first-order valence-corrected chi connectivity index (χ1v) is 9.35. The number of para-hydroxylation sites is 1. The molecule has 6 heteroatoms. The summed E-state index contributed by atoms with van der Waals surface area (Å²) in [6.07, 6.45) is 4.53. The van der Waals surface area contributed by atoms with E-state index in [0.29, 0.717) is 5.11 Å². The van der Waals surface area contributed by atoms with Crippen LogP contribution in [0, 0.1) is 0 Å². The van der Waals surface area contributed by atoms with Gasteiger partial charge in [0.25, 0.3) is 5.91 Å². The number of hydrogen-bond donors (Lipinski definition) is 0. The van der Waals surface area contributed by atoms with Gasteiger partial charge in [-0.25, -0.2) is 9.69 Å². The van der Waals surface area contributed by atoms with E-state index in [-0.39, 0.29) is 19.4 Å². The van der Waals surface area contributed by atoms with Crippen molar-refractivity contribution >= 4 is 35.0 Å². The molecule has 1 spiro atoms. The fraction of sp³-hybridized carbons (Fsp3) is 0.550. The third-order valence-electron chi connectivity index (χ3n) is 4.68. The summed E-state index contributed by atoms with van der Waals surface area (Å²) in [4.78, 5) is 30.1. The summed E-state index contributed by atoms with van der Waals surface area (Å²) in [6, 6.07) is 9.30. The van der Waals surface area contributed by atoms with Crippen LogP contribution >= 0.6 is 12.2 Å². The standard InChI is InChI=1S/C17H21N3O2S.C2H6.CH4/c1-18(2)15(22)19-14(21)17(11-7-4-8-12-17)20(16(19)23)13-9-5-3-6-10-13;1-2;/h3,5-6,9-10H,4,7-8,11-12H2,1-2H3;1-2H3;1H4. The minimum atomic E-state index is -0.706. The summed E-state index contributed by atoms with van der Waals surface area (Å²) < 4.78 is 0. The zero-order chi connectivity index (χ0) is 18.6. The molecule has 26 heavy (non-hydrogen) atoms. The van der Waals surface area contributed by atoms with E-state index in [4.69, 9.17) is 12.2 Å². The van der Waals surface area contributed by atoms with Crippen molar-refractivity contribution in [3.63, 3.8) is 0 Å². The van der Waals surface area contributed by atoms with Gasteiger partial charge in [0, 0.05) is 19.8 Å². The highest BCUT2D eigenvalue weighted by molar-refractivity contribution is 7.80. The maximum atomic E-state index is 13.2. The van der Waals surface area contributed by atoms with E-state index >= 15 is 0 Å². The Bertz CT molecular complexity index is 640. The molecule has 1 heterocycles. The molecular weight excluding hydrogens is 346 g/mol. The lowest BCUT2D eigenvalue weighted by molar-refractivity contribution is -0.129. The first-order valence-electron chi connectivity index (χ1n) is 8.94. The van der Waals surface area contributed by atoms with E-state index in [0.717, 1.165) is 37.8 Å². The number of hydrogen-bond acceptors (Lipinski definition) is 3. The Balaban J connectivity index is 0.00000109. The van der Waals surface area contributed by atoms with E-state index in [1.165, 1.54) is 9.80 Å². The molecule has 1 saturated carbocycles. The number of nitrogens with zero attached hydrogens (tertiary/aromatic N) is 3. The number of carbonyl (C=O) groups is 2. The molecule has 1 aliphatic carbocycles. The molecule has 0 aromatic heterocycles. The van der Waals surface area contributed by atoms with E-state index in [1.807, 2.05) is 49.1 Å². The maximum absolute atomic E-state index is 13.2. The van der Waals surface area contributed by atoms with Crippen LogP contribution in [0.4, 0.5) is 10.5 Å². The highest BCUT2D eigenvalue weighted by Gasteiger charge is 2.58. The van der Waals surface area contributed by atoms with Gasteiger partial charge in [0.15, 0.2) is 5.11 Å². The lowest BCUT2D eigenvalue weighted by Gasteiger charge is -2.39. The topological polar surface area (TPSA) is 43.9 Å². The average Bonchev–Trinajstić information content (AvgIpc) is 2.84. The van der Waals surface area contributed by atoms with Gasteiger partial charge in [0.1, 0.15) is 5.54 Å². The van der Waals surface area contributed by atoms with Crippen LogP contribution in [0.15, 0.2) is 30.3 Å². The molecule has 1 aliphatic heterocycles. The van der Waals surface area contributed by atoms with Crippen molar-refractivity contribution in [2.24, 2.45) is 0 Å². The van der Waals surface area contributed by atoms with Gasteiger partial charge in [0.05, 0.1) is 0 Å². The van der Waals surface area contributed by atoms with E-state index in [9.17, 15) is 9.59 Å². The molecule has 5 nitrogen and oxygen atoms in total. The second-order valence-electron chi connectivity index (χ2n) is 6.36. The van der Waals surface area contributed by atoms with E-state index in [1.54, 1.807) is 14.1 Å². The lowest BCUT2D eigenvalue weighted by Crippen LogP contribution is -2.51. The molecule has 0 N–H and O–H groups in total. The molecular formula is C20H31N3O2S. The Hall–Kier alpha value is -1.95. The third-order valence-corrected chi connectivity index (χ3v) is 5.05. The minimum absolute atomic E-state index is 0. The van der Waals surface area contributed by atoms with E-state index < -0.39 is 5.54 Å². The van der Waals surface area contributed by atoms with E-state index in [2.05, 4.69) is 0 Å². The lowest BCUT2D eigenvalue weighted by atomic mass is 9.80. The molecule has 144 valence electrons. The minimum Gasteiger partial charge on any atom is -0.330 e. The number of carbonyl (C=O) groups excluding carboxylic acids is 2. The third kappa shape index (κ3) is 3.61. The number of imide groups is 1. The number of amides is 3. The summed E-state index contributed by atoms with van der Waals surface area (Å²) in [6.45, 7) is 4.00. The molecule has 1 aromatic rings. The fourth-order valence-electron chi connectivity index (χ4n) is 3.55. The normalized spacial score (nSPS) is 18.2. The Morgan fingerprint density at radius 2 is 1.62 bits per heavy atom. The van der Waals surface area contributed by atoms with Crippen molar-refractivity contribution in [2.45, 2.75) is 58.9 Å². The van der Waals surface area contributed by atoms with Crippen molar-refractivity contribution in [3.05, 3.63) is 30.3 Å². The molecule has 1 saturated heterocycles. The largest absolute Gasteiger partial charge is 0.332 e. The monoisotopic (exact) mass is 377 g/mol. The molecule has 0 atom stereocenters. The summed E-state index contributed by atoms with van der Waals surface area (Å²) >= 11 is 5.55. The zero-order valence-corrected chi connectivity index (χ0v) is 16.3. The van der Waals surface area contributed by atoms with Gasteiger partial charge in [-0.1, -0.05) is 58.7 Å². The van der Waals surface area contributed by atoms with Crippen LogP contribution in [0.5, 0.6) is 0 Å². The first kappa shape index (κ1) is 22.1. The average molecular weight is 378 g/mol. The Morgan fingerprint density at radius 3 is 2.12 bits per heavy atom. The zero-order valence-electron chi connectivity index (χ0n) is 15.5. The van der Waals surface area contributed by atoms with Gasteiger partial charge in [-0.2, -0.15) is 0 Å². The predicted molar refractivity (Wildman–Crippen MR) is 111 cm³/mol. The molecule has 1 aromatic carbocycles. The Kier molecular flexibility index (Phi) is 7.75. The smallest absolute Gasteiger partial charge is 0.330 e. The van der Waals surface area contributed by atoms with Crippen LogP contribution in [0.3, 0.4) is 0 Å². The van der Waals surface area contributed by atoms with Crippen LogP contribution in [0.25, 0.3) is 0 Å². The Labute approximate surface area is 163 Å². The molecule has 3 rings (SSSR count). The van der Waals surface area contributed by atoms with Crippen molar-refractivity contribution in [2.75, 3.05) is 19.0 Å². The van der Waals surface area contributed by atoms with Crippen molar-refractivity contribution < 1.29 is 9.59 Å². The highest BCUT2D eigenvalue weighted by Crippen LogP contribution is 2.43. The highest BCUT2D eigenvalue weighted by atomic mass is 32.1. The SMILES string of the molecule is C.CC.CN(C)C(=O)N1C(=O)C2(CCCCC2)N(c2ccccc2)C1=S. The van der Waals surface area contributed by atoms with Crippen LogP contribution < -0.4 is 4.90 Å². The number of rotatable bonds is 1. The number of benzene rings is 1. The van der Waals surface area contributed by atoms with Gasteiger partial charge in [-0.15, -0.1) is 0 Å². The van der Waals surface area contributed by atoms with Crippen molar-refractivity contribution in [3.8, 4) is 0 Å². The second-order valence-corrected chi connectivity index (χ2v) is 6.73. The van der Waals surface area contributed by atoms with Crippen LogP contribution in [0.1, 0.15) is 53.4 Å². The number of thiocarbonyl (C=S) groups is 1. The molecule has 0 unspecified atom stereocenters. The van der Waals surface area contributed by atoms with Gasteiger partial charge in [-0.3, -0.25) is 4.79 Å². The summed E-state index contributed by atoms with van der Waals surface area (Å²) in [5, 5.41) is 0.293. The molecule has 0 bridgehead atoms. The number of urea groups is 1. The first-order chi connectivity index (χ1) is 12.0. The summed E-state index contributed by atoms with van der Waals surface area (Å²) in [5.41, 5.74) is 0.171. The molecule has 0 radical (unpaired) electrons. The molecule has 3 amide bonds. The van der Waals surface area contributed by atoms with Crippen LogP contribution in [0.2, 0.25) is 0 Å². The van der Waals surface area contributed by atoms with Crippen molar-refractivity contribution in [1.29, 1.82) is 0 Å². The number of anilines is 1. The summed E-state index contributed by atoms with van der Waals surface area (Å²) in [5.74, 6) is -0.176. The quantitative estimate of drug-likeness (QED) is 0.667. The van der Waals surface area contributed by atoms with Crippen LogP contribution in [-0.2, 0) is 4.79 Å². The molecule has 2 fully saturated rings. The predicted octanol–water partition coefficient (Wildman–Crippen LogP) is 4.67. The van der Waals surface area contributed by atoms with Gasteiger partial charge < -0.3 is 9.80 Å². The van der Waals surface area contributed by atoms with Crippen molar-refractivity contribution in [1.82, 2.24) is 9.80 Å². The second kappa shape index (κ2) is 9.12. The maximum Gasteiger partial charge on any atom is 0.332 e.